The molecule has 0 spiro atoms. The van der Waals surface area contributed by atoms with Crippen LogP contribution in [-0.2, 0) is 4.79 Å². The minimum atomic E-state index is -0.324. The van der Waals surface area contributed by atoms with Gasteiger partial charge in [0.05, 0.1) is 0 Å². The third-order valence-electron chi connectivity index (χ3n) is 2.30. The topological polar surface area (TPSA) is 82.3 Å². The maximum Gasteiger partial charge on any atom is 0.270 e. The molecule has 1 heterocycles. The molecular weight excluding hydrogens is 222 g/mol. The highest BCUT2D eigenvalue weighted by molar-refractivity contribution is 5.92. The zero-order chi connectivity index (χ0) is 12.8. The van der Waals surface area contributed by atoms with E-state index in [4.69, 9.17) is 0 Å². The quantitative estimate of drug-likeness (QED) is 0.746. The molecule has 92 valence electrons. The van der Waals surface area contributed by atoms with Gasteiger partial charge < -0.3 is 15.2 Å². The van der Waals surface area contributed by atoms with Gasteiger partial charge >= 0.3 is 0 Å². The standard InChI is InChI=1S/C11H15N3O3/c1-12-9(15)6-7-14(2)11(17)8-4-3-5-10(16)13-8/h3-5H,6-7H2,1-2H3,(H,12,15)(H,13,16). The number of rotatable bonds is 4. The van der Waals surface area contributed by atoms with Crippen LogP contribution in [0.3, 0.4) is 0 Å². The number of hydrogen-bond donors (Lipinski definition) is 2. The summed E-state index contributed by atoms with van der Waals surface area (Å²) in [5.74, 6) is -0.446. The van der Waals surface area contributed by atoms with Gasteiger partial charge in [-0.1, -0.05) is 6.07 Å². The minimum Gasteiger partial charge on any atom is -0.359 e. The number of nitrogens with zero attached hydrogens (tertiary/aromatic N) is 1. The first-order chi connectivity index (χ1) is 8.04. The number of aromatic nitrogens is 1. The maximum atomic E-state index is 11.8. The van der Waals surface area contributed by atoms with Gasteiger partial charge in [-0.25, -0.2) is 0 Å². The van der Waals surface area contributed by atoms with Crippen LogP contribution in [0.25, 0.3) is 0 Å². The van der Waals surface area contributed by atoms with Gasteiger partial charge in [-0.3, -0.25) is 14.4 Å². The molecule has 0 unspecified atom stereocenters. The Balaban J connectivity index is 2.64. The van der Waals surface area contributed by atoms with Crippen molar-refractivity contribution in [3.05, 3.63) is 34.2 Å². The largest absolute Gasteiger partial charge is 0.359 e. The molecular formula is C11H15N3O3. The van der Waals surface area contributed by atoms with E-state index in [1.165, 1.54) is 23.1 Å². The van der Waals surface area contributed by atoms with E-state index in [0.717, 1.165) is 0 Å². The molecule has 1 aromatic heterocycles. The number of carbonyl (C=O) groups excluding carboxylic acids is 2. The molecule has 0 fully saturated rings. The number of hydrogen-bond acceptors (Lipinski definition) is 3. The highest BCUT2D eigenvalue weighted by atomic mass is 16.2. The van der Waals surface area contributed by atoms with Crippen LogP contribution in [0.2, 0.25) is 0 Å². The molecule has 0 aromatic carbocycles. The van der Waals surface area contributed by atoms with Gasteiger partial charge in [-0.15, -0.1) is 0 Å². The van der Waals surface area contributed by atoms with Gasteiger partial charge in [-0.05, 0) is 6.07 Å². The zero-order valence-corrected chi connectivity index (χ0v) is 9.82. The van der Waals surface area contributed by atoms with Gasteiger partial charge in [0.2, 0.25) is 11.5 Å². The fraction of sp³-hybridized carbons (Fsp3) is 0.364. The fourth-order valence-electron chi connectivity index (χ4n) is 1.27. The number of aromatic amines is 1. The van der Waals surface area contributed by atoms with Gasteiger partial charge in [-0.2, -0.15) is 0 Å². The smallest absolute Gasteiger partial charge is 0.270 e. The Bertz CT molecular complexity index is 467. The van der Waals surface area contributed by atoms with Crippen LogP contribution in [0, 0.1) is 0 Å². The van der Waals surface area contributed by atoms with E-state index in [0.29, 0.717) is 6.54 Å². The molecule has 6 heteroatoms. The maximum absolute atomic E-state index is 11.8. The third kappa shape index (κ3) is 3.75. The molecule has 2 amide bonds. The molecule has 0 saturated heterocycles. The van der Waals surface area contributed by atoms with Gasteiger partial charge in [0, 0.05) is 33.1 Å². The Hall–Kier alpha value is -2.11. The van der Waals surface area contributed by atoms with Crippen LogP contribution in [0.5, 0.6) is 0 Å². The molecule has 1 rings (SSSR count). The number of nitrogens with one attached hydrogen (secondary N) is 2. The fourth-order valence-corrected chi connectivity index (χ4v) is 1.27. The van der Waals surface area contributed by atoms with Crippen molar-refractivity contribution in [2.45, 2.75) is 6.42 Å². The summed E-state index contributed by atoms with van der Waals surface area (Å²) in [7, 11) is 3.12. The molecule has 0 radical (unpaired) electrons. The summed E-state index contributed by atoms with van der Waals surface area (Å²) < 4.78 is 0. The molecule has 17 heavy (non-hydrogen) atoms. The van der Waals surface area contributed by atoms with Crippen molar-refractivity contribution in [2.75, 3.05) is 20.6 Å². The van der Waals surface area contributed by atoms with Crippen LogP contribution in [0.15, 0.2) is 23.0 Å². The summed E-state index contributed by atoms with van der Waals surface area (Å²) >= 11 is 0. The van der Waals surface area contributed by atoms with Crippen molar-refractivity contribution in [3.63, 3.8) is 0 Å². The van der Waals surface area contributed by atoms with Crippen molar-refractivity contribution in [1.82, 2.24) is 15.2 Å². The zero-order valence-electron chi connectivity index (χ0n) is 9.82. The van der Waals surface area contributed by atoms with Crippen molar-refractivity contribution < 1.29 is 9.59 Å². The van der Waals surface area contributed by atoms with E-state index in [1.54, 1.807) is 14.1 Å². The van der Waals surface area contributed by atoms with Crippen LogP contribution < -0.4 is 10.9 Å². The number of H-pyrrole nitrogens is 1. The molecule has 1 aromatic rings. The number of pyridine rings is 1. The van der Waals surface area contributed by atoms with Crippen molar-refractivity contribution in [3.8, 4) is 0 Å². The normalized spacial score (nSPS) is 9.76. The molecule has 0 aliphatic rings. The summed E-state index contributed by atoms with van der Waals surface area (Å²) in [5.41, 5.74) is -0.104. The van der Waals surface area contributed by atoms with E-state index >= 15 is 0 Å². The summed E-state index contributed by atoms with van der Waals surface area (Å²) in [6.45, 7) is 0.301. The predicted molar refractivity (Wildman–Crippen MR) is 62.7 cm³/mol. The predicted octanol–water partition coefficient (Wildman–Crippen LogP) is -0.417. The first kappa shape index (κ1) is 13.0. The lowest BCUT2D eigenvalue weighted by atomic mass is 10.3. The first-order valence-corrected chi connectivity index (χ1v) is 5.20. The molecule has 6 nitrogen and oxygen atoms in total. The Labute approximate surface area is 98.6 Å². The van der Waals surface area contributed by atoms with E-state index < -0.39 is 0 Å². The van der Waals surface area contributed by atoms with E-state index in [9.17, 15) is 14.4 Å². The lowest BCUT2D eigenvalue weighted by Gasteiger charge is -2.16. The molecule has 0 atom stereocenters. The summed E-state index contributed by atoms with van der Waals surface area (Å²) in [6, 6.07) is 4.38. The van der Waals surface area contributed by atoms with Crippen LogP contribution in [0.4, 0.5) is 0 Å². The van der Waals surface area contributed by atoms with E-state index in [1.807, 2.05) is 0 Å². The van der Waals surface area contributed by atoms with Gasteiger partial charge in [0.15, 0.2) is 0 Å². The van der Waals surface area contributed by atoms with Crippen molar-refractivity contribution in [1.29, 1.82) is 0 Å². The first-order valence-electron chi connectivity index (χ1n) is 5.20. The van der Waals surface area contributed by atoms with Crippen molar-refractivity contribution >= 4 is 11.8 Å². The lowest BCUT2D eigenvalue weighted by molar-refractivity contribution is -0.120. The van der Waals surface area contributed by atoms with Gasteiger partial charge in [0.25, 0.3) is 5.91 Å². The lowest BCUT2D eigenvalue weighted by Crippen LogP contribution is -2.32. The summed E-state index contributed by atoms with van der Waals surface area (Å²) in [5, 5.41) is 2.47. The Morgan fingerprint density at radius 2 is 2.12 bits per heavy atom. The third-order valence-corrected chi connectivity index (χ3v) is 2.30. The monoisotopic (exact) mass is 237 g/mol. The SMILES string of the molecule is CNC(=O)CCN(C)C(=O)c1cccc(=O)[nH]1. The summed E-state index contributed by atoms with van der Waals surface area (Å²) in [4.78, 5) is 37.7. The Morgan fingerprint density at radius 1 is 1.41 bits per heavy atom. The van der Waals surface area contributed by atoms with E-state index in [2.05, 4.69) is 10.3 Å². The Kier molecular flexibility index (Phi) is 4.45. The average Bonchev–Trinajstić information content (AvgIpc) is 2.34. The molecule has 0 saturated carbocycles. The summed E-state index contributed by atoms with van der Waals surface area (Å²) in [6.07, 6.45) is 0.232. The number of carbonyl (C=O) groups is 2. The highest BCUT2D eigenvalue weighted by Gasteiger charge is 2.12. The van der Waals surface area contributed by atoms with Crippen molar-refractivity contribution in [2.24, 2.45) is 0 Å². The minimum absolute atomic E-state index is 0.133. The van der Waals surface area contributed by atoms with Crippen LogP contribution in [-0.4, -0.2) is 42.3 Å². The molecule has 0 aliphatic heterocycles. The second-order valence-corrected chi connectivity index (χ2v) is 3.58. The molecule has 0 bridgehead atoms. The number of amides is 2. The molecule has 0 aliphatic carbocycles. The van der Waals surface area contributed by atoms with Crippen LogP contribution in [0.1, 0.15) is 16.9 Å². The van der Waals surface area contributed by atoms with Gasteiger partial charge in [0.1, 0.15) is 5.69 Å². The average molecular weight is 237 g/mol. The second kappa shape index (κ2) is 5.83. The molecule has 2 N–H and O–H groups in total. The van der Waals surface area contributed by atoms with E-state index in [-0.39, 0.29) is 29.5 Å². The highest BCUT2D eigenvalue weighted by Crippen LogP contribution is 1.98. The van der Waals surface area contributed by atoms with Crippen LogP contribution >= 0.6 is 0 Å². The Morgan fingerprint density at radius 3 is 2.71 bits per heavy atom. The second-order valence-electron chi connectivity index (χ2n) is 3.58.